The van der Waals surface area contributed by atoms with Crippen LogP contribution in [0.3, 0.4) is 0 Å². The summed E-state index contributed by atoms with van der Waals surface area (Å²) in [5.41, 5.74) is 7.28. The number of nitrogens with two attached hydrogens (primary N) is 1. The summed E-state index contributed by atoms with van der Waals surface area (Å²) < 4.78 is 20.8. The zero-order valence-corrected chi connectivity index (χ0v) is 11.7. The lowest BCUT2D eigenvalue weighted by Gasteiger charge is -2.06. The minimum Gasteiger partial charge on any atom is -0.385 e. The maximum absolute atomic E-state index is 13.5. The van der Waals surface area contributed by atoms with E-state index in [-0.39, 0.29) is 5.82 Å². The second kappa shape index (κ2) is 5.67. The van der Waals surface area contributed by atoms with Gasteiger partial charge < -0.3 is 15.0 Å². The highest BCUT2D eigenvalue weighted by atomic mass is 79.9. The van der Waals surface area contributed by atoms with Crippen molar-refractivity contribution >= 4 is 32.9 Å². The molecule has 4 nitrogen and oxygen atoms in total. The van der Waals surface area contributed by atoms with E-state index >= 15 is 0 Å². The van der Waals surface area contributed by atoms with E-state index < -0.39 is 0 Å². The number of nitrogen functional groups attached to an aromatic ring is 1. The third-order valence-electron chi connectivity index (χ3n) is 2.80. The van der Waals surface area contributed by atoms with Crippen molar-refractivity contribution in [3.63, 3.8) is 0 Å². The van der Waals surface area contributed by atoms with E-state index in [0.717, 1.165) is 18.4 Å². The maximum atomic E-state index is 13.5. The van der Waals surface area contributed by atoms with Crippen LogP contribution in [0.25, 0.3) is 11.0 Å². The summed E-state index contributed by atoms with van der Waals surface area (Å²) in [7, 11) is 1.67. The first kappa shape index (κ1) is 13.3. The third kappa shape index (κ3) is 2.64. The van der Waals surface area contributed by atoms with E-state index in [2.05, 4.69) is 20.9 Å². The van der Waals surface area contributed by atoms with Crippen LogP contribution in [0.4, 0.5) is 10.3 Å². The Morgan fingerprint density at radius 3 is 2.94 bits per heavy atom. The molecule has 0 bridgehead atoms. The van der Waals surface area contributed by atoms with Crippen LogP contribution >= 0.6 is 15.9 Å². The van der Waals surface area contributed by atoms with Crippen molar-refractivity contribution in [2.75, 3.05) is 19.5 Å². The molecule has 0 spiro atoms. The molecule has 0 atom stereocenters. The van der Waals surface area contributed by atoms with Crippen molar-refractivity contribution in [1.29, 1.82) is 0 Å². The van der Waals surface area contributed by atoms with Crippen LogP contribution in [0.15, 0.2) is 16.6 Å². The topological polar surface area (TPSA) is 53.1 Å². The zero-order chi connectivity index (χ0) is 13.1. The largest absolute Gasteiger partial charge is 0.385 e. The number of nitrogens with zero attached hydrogens (tertiary/aromatic N) is 2. The fourth-order valence-electron chi connectivity index (χ4n) is 1.89. The molecule has 2 N–H and O–H groups in total. The number of imidazole rings is 1. The average molecular weight is 316 g/mol. The predicted molar refractivity (Wildman–Crippen MR) is 72.9 cm³/mol. The Bertz CT molecular complexity index is 556. The maximum Gasteiger partial charge on any atom is 0.201 e. The Labute approximate surface area is 113 Å². The molecule has 98 valence electrons. The fourth-order valence-corrected chi connectivity index (χ4v) is 2.22. The van der Waals surface area contributed by atoms with Crippen LogP contribution in [-0.4, -0.2) is 23.3 Å². The van der Waals surface area contributed by atoms with Crippen LogP contribution in [-0.2, 0) is 11.3 Å². The summed E-state index contributed by atoms with van der Waals surface area (Å²) in [4.78, 5) is 4.23. The SMILES string of the molecule is COCCCCn1c(N)nc2cc(Br)c(F)cc21. The molecule has 0 saturated carbocycles. The molecule has 1 heterocycles. The predicted octanol–water partition coefficient (Wildman–Crippen LogP) is 2.95. The highest BCUT2D eigenvalue weighted by Gasteiger charge is 2.11. The fraction of sp³-hybridized carbons (Fsp3) is 0.417. The first-order chi connectivity index (χ1) is 8.63. The number of methoxy groups -OCH3 is 1. The standard InChI is InChI=1S/C12H15BrFN3O/c1-18-5-3-2-4-17-11-7-9(14)8(13)6-10(11)16-12(17)15/h6-7H,2-5H2,1H3,(H2,15,16). The number of hydrogen-bond acceptors (Lipinski definition) is 3. The molecule has 0 radical (unpaired) electrons. The summed E-state index contributed by atoms with van der Waals surface area (Å²) in [6.07, 6.45) is 1.86. The van der Waals surface area contributed by atoms with Crippen molar-refractivity contribution in [3.05, 3.63) is 22.4 Å². The molecule has 0 amide bonds. The van der Waals surface area contributed by atoms with E-state index in [1.165, 1.54) is 6.07 Å². The number of fused-ring (bicyclic) bond motifs is 1. The van der Waals surface area contributed by atoms with E-state index in [0.29, 0.717) is 29.1 Å². The monoisotopic (exact) mass is 315 g/mol. The van der Waals surface area contributed by atoms with Gasteiger partial charge in [-0.1, -0.05) is 0 Å². The van der Waals surface area contributed by atoms with Gasteiger partial charge in [0.15, 0.2) is 0 Å². The molecule has 0 saturated heterocycles. The molecular weight excluding hydrogens is 301 g/mol. The van der Waals surface area contributed by atoms with Crippen molar-refractivity contribution < 1.29 is 9.13 Å². The number of aromatic nitrogens is 2. The summed E-state index contributed by atoms with van der Waals surface area (Å²) >= 11 is 3.14. The zero-order valence-electron chi connectivity index (χ0n) is 10.1. The second-order valence-corrected chi connectivity index (χ2v) is 4.93. The van der Waals surface area contributed by atoms with E-state index in [1.807, 2.05) is 4.57 Å². The normalized spacial score (nSPS) is 11.3. The quantitative estimate of drug-likeness (QED) is 0.863. The van der Waals surface area contributed by atoms with Gasteiger partial charge in [-0.25, -0.2) is 9.37 Å². The Balaban J connectivity index is 2.26. The number of unbranched alkanes of at least 4 members (excludes halogenated alkanes) is 1. The van der Waals surface area contributed by atoms with Crippen molar-refractivity contribution in [2.24, 2.45) is 0 Å². The molecule has 6 heteroatoms. The van der Waals surface area contributed by atoms with Gasteiger partial charge in [0.25, 0.3) is 0 Å². The number of hydrogen-bond donors (Lipinski definition) is 1. The molecule has 2 rings (SSSR count). The number of rotatable bonds is 5. The van der Waals surface area contributed by atoms with Gasteiger partial charge in [-0.05, 0) is 34.8 Å². The van der Waals surface area contributed by atoms with Crippen molar-refractivity contribution in [1.82, 2.24) is 9.55 Å². The first-order valence-corrected chi connectivity index (χ1v) is 6.52. The highest BCUT2D eigenvalue weighted by molar-refractivity contribution is 9.10. The molecule has 0 aliphatic rings. The van der Waals surface area contributed by atoms with Gasteiger partial charge in [-0.2, -0.15) is 0 Å². The van der Waals surface area contributed by atoms with Gasteiger partial charge in [0, 0.05) is 26.3 Å². The molecule has 1 aromatic carbocycles. The van der Waals surface area contributed by atoms with Crippen LogP contribution < -0.4 is 5.73 Å². The summed E-state index contributed by atoms with van der Waals surface area (Å²) in [6, 6.07) is 3.10. The van der Waals surface area contributed by atoms with Crippen LogP contribution in [0, 0.1) is 5.82 Å². The van der Waals surface area contributed by atoms with Gasteiger partial charge >= 0.3 is 0 Å². The molecule has 0 unspecified atom stereocenters. The minimum absolute atomic E-state index is 0.305. The van der Waals surface area contributed by atoms with Crippen molar-refractivity contribution in [3.8, 4) is 0 Å². The summed E-state index contributed by atoms with van der Waals surface area (Å²) in [6.45, 7) is 1.43. The Morgan fingerprint density at radius 1 is 1.44 bits per heavy atom. The summed E-state index contributed by atoms with van der Waals surface area (Å²) in [5.74, 6) is 0.112. The smallest absolute Gasteiger partial charge is 0.201 e. The number of ether oxygens (including phenoxy) is 1. The Morgan fingerprint density at radius 2 is 2.22 bits per heavy atom. The minimum atomic E-state index is -0.305. The van der Waals surface area contributed by atoms with Crippen LogP contribution in [0.2, 0.25) is 0 Å². The lowest BCUT2D eigenvalue weighted by atomic mass is 10.3. The molecule has 0 aliphatic carbocycles. The summed E-state index contributed by atoms with van der Waals surface area (Å²) in [5, 5.41) is 0. The van der Waals surface area contributed by atoms with Crippen LogP contribution in [0.5, 0.6) is 0 Å². The number of anilines is 1. The van der Waals surface area contributed by atoms with Crippen molar-refractivity contribution in [2.45, 2.75) is 19.4 Å². The Kier molecular flexibility index (Phi) is 4.19. The molecule has 1 aromatic heterocycles. The molecule has 18 heavy (non-hydrogen) atoms. The third-order valence-corrected chi connectivity index (χ3v) is 3.41. The number of halogens is 2. The van der Waals surface area contributed by atoms with Gasteiger partial charge in [0.2, 0.25) is 5.95 Å². The Hall–Kier alpha value is -1.14. The first-order valence-electron chi connectivity index (χ1n) is 5.73. The molecule has 0 aliphatic heterocycles. The van der Waals surface area contributed by atoms with E-state index in [9.17, 15) is 4.39 Å². The van der Waals surface area contributed by atoms with Gasteiger partial charge in [0.05, 0.1) is 15.5 Å². The van der Waals surface area contributed by atoms with Gasteiger partial charge in [-0.3, -0.25) is 0 Å². The van der Waals surface area contributed by atoms with Gasteiger partial charge in [0.1, 0.15) is 5.82 Å². The van der Waals surface area contributed by atoms with E-state index in [4.69, 9.17) is 10.5 Å². The number of benzene rings is 1. The van der Waals surface area contributed by atoms with Gasteiger partial charge in [-0.15, -0.1) is 0 Å². The molecular formula is C12H15BrFN3O. The average Bonchev–Trinajstić information content (AvgIpc) is 2.62. The number of aryl methyl sites for hydroxylation is 1. The van der Waals surface area contributed by atoms with Crippen LogP contribution in [0.1, 0.15) is 12.8 Å². The molecule has 2 aromatic rings. The lowest BCUT2D eigenvalue weighted by Crippen LogP contribution is -2.04. The highest BCUT2D eigenvalue weighted by Crippen LogP contribution is 2.25. The lowest BCUT2D eigenvalue weighted by molar-refractivity contribution is 0.191. The second-order valence-electron chi connectivity index (χ2n) is 4.08. The van der Waals surface area contributed by atoms with E-state index in [1.54, 1.807) is 13.2 Å². The molecule has 0 fully saturated rings.